The third kappa shape index (κ3) is 4.77. The fourth-order valence-corrected chi connectivity index (χ4v) is 2.44. The molecule has 0 saturated carbocycles. The molecule has 0 N–H and O–H groups in total. The summed E-state index contributed by atoms with van der Waals surface area (Å²) in [5, 5.41) is 0.259. The highest BCUT2D eigenvalue weighted by Gasteiger charge is 2.27. The third-order valence-corrected chi connectivity index (χ3v) is 3.58. The van der Waals surface area contributed by atoms with Crippen molar-refractivity contribution in [2.24, 2.45) is 0 Å². The van der Waals surface area contributed by atoms with Crippen LogP contribution in [0.3, 0.4) is 0 Å². The first-order chi connectivity index (χ1) is 10.2. The van der Waals surface area contributed by atoms with Gasteiger partial charge in [-0.05, 0) is 39.0 Å². The van der Waals surface area contributed by atoms with Crippen molar-refractivity contribution >= 4 is 17.7 Å². The van der Waals surface area contributed by atoms with Crippen LogP contribution < -0.4 is 4.74 Å². The van der Waals surface area contributed by atoms with Gasteiger partial charge < -0.3 is 14.4 Å². The first-order valence-corrected chi connectivity index (χ1v) is 7.72. The Bertz CT molecular complexity index is 537. The van der Waals surface area contributed by atoms with Gasteiger partial charge in [0.2, 0.25) is 0 Å². The van der Waals surface area contributed by atoms with E-state index in [4.69, 9.17) is 21.1 Å². The maximum atomic E-state index is 13.0. The van der Waals surface area contributed by atoms with E-state index >= 15 is 0 Å². The summed E-state index contributed by atoms with van der Waals surface area (Å²) in [6.07, 6.45) is 1.03. The quantitative estimate of drug-likeness (QED) is 0.814. The van der Waals surface area contributed by atoms with E-state index in [9.17, 15) is 9.18 Å². The highest BCUT2D eigenvalue weighted by atomic mass is 35.5. The lowest BCUT2D eigenvalue weighted by molar-refractivity contribution is 0.0126. The average Bonchev–Trinajstić information content (AvgIpc) is 2.41. The standard InChI is InChI=1S/C16H21ClFNO3/c1-16(2,3)22-15(20)19-8-6-12(7-9-19)21-14-5-4-11(18)10-13(14)17/h4-5,10,12H,6-9H2,1-3H3. The number of amides is 1. The molecule has 0 atom stereocenters. The Labute approximate surface area is 135 Å². The highest BCUT2D eigenvalue weighted by Crippen LogP contribution is 2.28. The summed E-state index contributed by atoms with van der Waals surface area (Å²) >= 11 is 5.95. The first-order valence-electron chi connectivity index (χ1n) is 7.34. The van der Waals surface area contributed by atoms with E-state index in [1.807, 2.05) is 20.8 Å². The van der Waals surface area contributed by atoms with E-state index in [0.717, 1.165) is 0 Å². The van der Waals surface area contributed by atoms with Crippen LogP contribution in [0.1, 0.15) is 33.6 Å². The van der Waals surface area contributed by atoms with Crippen LogP contribution in [0.15, 0.2) is 18.2 Å². The average molecular weight is 330 g/mol. The van der Waals surface area contributed by atoms with Gasteiger partial charge in [-0.2, -0.15) is 0 Å². The Balaban J connectivity index is 1.86. The van der Waals surface area contributed by atoms with Crippen molar-refractivity contribution in [3.8, 4) is 5.75 Å². The van der Waals surface area contributed by atoms with Crippen LogP contribution in [-0.2, 0) is 4.74 Å². The minimum Gasteiger partial charge on any atom is -0.489 e. The second kappa shape index (κ2) is 6.73. The molecule has 1 heterocycles. The molecule has 0 unspecified atom stereocenters. The van der Waals surface area contributed by atoms with E-state index in [1.54, 1.807) is 4.90 Å². The van der Waals surface area contributed by atoms with Gasteiger partial charge in [-0.15, -0.1) is 0 Å². The molecule has 6 heteroatoms. The van der Waals surface area contributed by atoms with E-state index in [0.29, 0.717) is 31.7 Å². The molecule has 0 aromatic heterocycles. The Kier molecular flexibility index (Phi) is 5.16. The van der Waals surface area contributed by atoms with Gasteiger partial charge >= 0.3 is 6.09 Å². The molecule has 0 bridgehead atoms. The topological polar surface area (TPSA) is 38.8 Å². The minimum atomic E-state index is -0.494. The molecule has 4 nitrogen and oxygen atoms in total. The number of ether oxygens (including phenoxy) is 2. The largest absolute Gasteiger partial charge is 0.489 e. The van der Waals surface area contributed by atoms with Crippen LogP contribution in [0.25, 0.3) is 0 Å². The molecular weight excluding hydrogens is 309 g/mol. The normalized spacial score (nSPS) is 16.5. The summed E-state index contributed by atoms with van der Waals surface area (Å²) in [4.78, 5) is 13.6. The second-order valence-electron chi connectivity index (χ2n) is 6.36. The van der Waals surface area contributed by atoms with Crippen LogP contribution in [0.2, 0.25) is 5.02 Å². The molecule has 1 aromatic carbocycles. The van der Waals surface area contributed by atoms with Gasteiger partial charge in [-0.1, -0.05) is 11.6 Å². The molecule has 1 aliphatic heterocycles. The number of benzene rings is 1. The summed E-state index contributed by atoms with van der Waals surface area (Å²) in [5.74, 6) is 0.0795. The van der Waals surface area contributed by atoms with Crippen LogP contribution >= 0.6 is 11.6 Å². The van der Waals surface area contributed by atoms with Gasteiger partial charge in [0.25, 0.3) is 0 Å². The molecule has 0 aliphatic carbocycles. The van der Waals surface area contributed by atoms with Gasteiger partial charge in [0, 0.05) is 25.9 Å². The van der Waals surface area contributed by atoms with E-state index < -0.39 is 11.4 Å². The maximum absolute atomic E-state index is 13.0. The molecule has 1 amide bonds. The van der Waals surface area contributed by atoms with Crippen molar-refractivity contribution in [3.05, 3.63) is 29.0 Å². The lowest BCUT2D eigenvalue weighted by Gasteiger charge is -2.33. The zero-order chi connectivity index (χ0) is 16.3. The summed E-state index contributed by atoms with van der Waals surface area (Å²) < 4.78 is 24.1. The van der Waals surface area contributed by atoms with Gasteiger partial charge in [-0.3, -0.25) is 0 Å². The van der Waals surface area contributed by atoms with Crippen molar-refractivity contribution in [1.29, 1.82) is 0 Å². The number of halogens is 2. The number of hydrogen-bond donors (Lipinski definition) is 0. The molecule has 122 valence electrons. The van der Waals surface area contributed by atoms with Crippen molar-refractivity contribution in [2.75, 3.05) is 13.1 Å². The predicted octanol–water partition coefficient (Wildman–Crippen LogP) is 4.26. The molecule has 22 heavy (non-hydrogen) atoms. The summed E-state index contributed by atoms with van der Waals surface area (Å²) in [5.41, 5.74) is -0.494. The third-order valence-electron chi connectivity index (χ3n) is 3.28. The highest BCUT2D eigenvalue weighted by molar-refractivity contribution is 6.32. The number of rotatable bonds is 2. The number of hydrogen-bond acceptors (Lipinski definition) is 3. The second-order valence-corrected chi connectivity index (χ2v) is 6.77. The van der Waals surface area contributed by atoms with Crippen molar-refractivity contribution < 1.29 is 18.7 Å². The molecule has 1 saturated heterocycles. The lowest BCUT2D eigenvalue weighted by Crippen LogP contribution is -2.44. The van der Waals surface area contributed by atoms with Crippen LogP contribution in [0, 0.1) is 5.82 Å². The van der Waals surface area contributed by atoms with Crippen LogP contribution in [0.4, 0.5) is 9.18 Å². The number of piperidine rings is 1. The smallest absolute Gasteiger partial charge is 0.410 e. The monoisotopic (exact) mass is 329 g/mol. The summed E-state index contributed by atoms with van der Waals surface area (Å²) in [6, 6.07) is 4.07. The SMILES string of the molecule is CC(C)(C)OC(=O)N1CCC(Oc2ccc(F)cc2Cl)CC1. The van der Waals surface area contributed by atoms with Crippen LogP contribution in [-0.4, -0.2) is 35.8 Å². The van der Waals surface area contributed by atoms with E-state index in [-0.39, 0.29) is 17.2 Å². The fraction of sp³-hybridized carbons (Fsp3) is 0.562. The Hall–Kier alpha value is -1.49. The van der Waals surface area contributed by atoms with Gasteiger partial charge in [0.05, 0.1) is 5.02 Å². The van der Waals surface area contributed by atoms with Gasteiger partial charge in [0.1, 0.15) is 23.3 Å². The zero-order valence-corrected chi connectivity index (χ0v) is 13.8. The predicted molar refractivity (Wildman–Crippen MR) is 82.9 cm³/mol. The number of carbonyl (C=O) groups excluding carboxylic acids is 1. The van der Waals surface area contributed by atoms with Gasteiger partial charge in [0.15, 0.2) is 0 Å². The fourth-order valence-electron chi connectivity index (χ4n) is 2.23. The number of nitrogens with zero attached hydrogens (tertiary/aromatic N) is 1. The van der Waals surface area contributed by atoms with E-state index in [1.165, 1.54) is 18.2 Å². The molecule has 2 rings (SSSR count). The summed E-state index contributed by atoms with van der Waals surface area (Å²) in [6.45, 7) is 6.67. The summed E-state index contributed by atoms with van der Waals surface area (Å²) in [7, 11) is 0. The molecule has 1 fully saturated rings. The van der Waals surface area contributed by atoms with Crippen molar-refractivity contribution in [2.45, 2.75) is 45.3 Å². The molecule has 0 spiro atoms. The lowest BCUT2D eigenvalue weighted by atomic mass is 10.1. The number of carbonyl (C=O) groups is 1. The first kappa shape index (κ1) is 16.9. The maximum Gasteiger partial charge on any atom is 0.410 e. The Morgan fingerprint density at radius 3 is 2.50 bits per heavy atom. The van der Waals surface area contributed by atoms with Crippen molar-refractivity contribution in [3.63, 3.8) is 0 Å². The van der Waals surface area contributed by atoms with Gasteiger partial charge in [-0.25, -0.2) is 9.18 Å². The molecule has 1 aromatic rings. The number of likely N-dealkylation sites (tertiary alicyclic amines) is 1. The molecular formula is C16H21ClFNO3. The van der Waals surface area contributed by atoms with Crippen LogP contribution in [0.5, 0.6) is 5.75 Å². The Morgan fingerprint density at radius 1 is 1.32 bits per heavy atom. The minimum absolute atomic E-state index is 0.0401. The zero-order valence-electron chi connectivity index (χ0n) is 13.1. The molecule has 1 aliphatic rings. The van der Waals surface area contributed by atoms with E-state index in [2.05, 4.69) is 0 Å². The molecule has 0 radical (unpaired) electrons. The van der Waals surface area contributed by atoms with Crippen molar-refractivity contribution in [1.82, 2.24) is 4.90 Å². The Morgan fingerprint density at radius 2 is 1.95 bits per heavy atom.